The zero-order chi connectivity index (χ0) is 13.0. The van der Waals surface area contributed by atoms with Gasteiger partial charge in [-0.15, -0.1) is 0 Å². The van der Waals surface area contributed by atoms with E-state index in [9.17, 15) is 4.79 Å². The van der Waals surface area contributed by atoms with Gasteiger partial charge in [-0.05, 0) is 18.6 Å². The van der Waals surface area contributed by atoms with Crippen molar-refractivity contribution in [2.24, 2.45) is 0 Å². The van der Waals surface area contributed by atoms with Crippen LogP contribution in [0.2, 0.25) is 0 Å². The number of rotatable bonds is 7. The fraction of sp³-hybridized carbons (Fsp3) is 0.533. The van der Waals surface area contributed by atoms with E-state index in [0.29, 0.717) is 0 Å². The molecule has 0 aliphatic carbocycles. The Kier molecular flexibility index (Phi) is 4.95. The third-order valence-electron chi connectivity index (χ3n) is 3.31. The van der Waals surface area contributed by atoms with Crippen LogP contribution >= 0.6 is 15.9 Å². The van der Waals surface area contributed by atoms with Gasteiger partial charge in [-0.1, -0.05) is 60.7 Å². The lowest BCUT2D eigenvalue weighted by atomic mass is 10.0. The predicted molar refractivity (Wildman–Crippen MR) is 75.9 cm³/mol. The van der Waals surface area contributed by atoms with E-state index in [0.717, 1.165) is 16.5 Å². The number of benzene rings is 1. The van der Waals surface area contributed by atoms with Crippen LogP contribution in [0.25, 0.3) is 0 Å². The number of epoxide rings is 1. The van der Waals surface area contributed by atoms with Gasteiger partial charge in [-0.2, -0.15) is 0 Å². The van der Waals surface area contributed by atoms with E-state index in [4.69, 9.17) is 4.74 Å². The first kappa shape index (κ1) is 13.8. The molecule has 1 saturated heterocycles. The molecule has 1 fully saturated rings. The fourth-order valence-electron chi connectivity index (χ4n) is 2.14. The van der Waals surface area contributed by atoms with Gasteiger partial charge in [-0.3, -0.25) is 4.79 Å². The number of hydrogen-bond acceptors (Lipinski definition) is 2. The molecule has 1 heterocycles. The first-order chi connectivity index (χ1) is 8.72. The van der Waals surface area contributed by atoms with Gasteiger partial charge < -0.3 is 4.74 Å². The summed E-state index contributed by atoms with van der Waals surface area (Å²) < 4.78 is 6.47. The molecule has 98 valence electrons. The molecule has 1 aliphatic heterocycles. The molecule has 2 atom stereocenters. The van der Waals surface area contributed by atoms with Crippen LogP contribution in [0.3, 0.4) is 0 Å². The van der Waals surface area contributed by atoms with Crippen molar-refractivity contribution in [2.75, 3.05) is 0 Å². The molecule has 0 bridgehead atoms. The van der Waals surface area contributed by atoms with Gasteiger partial charge in [0.25, 0.3) is 0 Å². The van der Waals surface area contributed by atoms with Crippen LogP contribution in [0, 0.1) is 0 Å². The second-order valence-corrected chi connectivity index (χ2v) is 5.73. The van der Waals surface area contributed by atoms with E-state index < -0.39 is 0 Å². The Balaban J connectivity index is 1.77. The number of carbonyl (C=O) groups is 1. The molecule has 0 N–H and O–H groups in total. The number of hydrogen-bond donors (Lipinski definition) is 0. The third kappa shape index (κ3) is 3.66. The molecule has 0 unspecified atom stereocenters. The Labute approximate surface area is 117 Å². The van der Waals surface area contributed by atoms with Crippen molar-refractivity contribution in [2.45, 2.75) is 51.2 Å². The second kappa shape index (κ2) is 6.48. The van der Waals surface area contributed by atoms with Crippen molar-refractivity contribution in [3.63, 3.8) is 0 Å². The maximum absolute atomic E-state index is 12.1. The van der Waals surface area contributed by atoms with E-state index in [1.54, 1.807) is 0 Å². The van der Waals surface area contributed by atoms with Crippen LogP contribution in [-0.4, -0.2) is 18.0 Å². The molecular formula is C15H19BrO2. The highest BCUT2D eigenvalue weighted by molar-refractivity contribution is 9.10. The summed E-state index contributed by atoms with van der Waals surface area (Å²) in [7, 11) is 0. The van der Waals surface area contributed by atoms with Gasteiger partial charge in [0.1, 0.15) is 6.10 Å². The lowest BCUT2D eigenvalue weighted by molar-refractivity contribution is 0.0953. The quantitative estimate of drug-likeness (QED) is 0.425. The van der Waals surface area contributed by atoms with Crippen molar-refractivity contribution in [1.29, 1.82) is 0 Å². The van der Waals surface area contributed by atoms with Crippen molar-refractivity contribution >= 4 is 21.7 Å². The number of ether oxygens (including phenoxy) is 1. The summed E-state index contributed by atoms with van der Waals surface area (Å²) in [4.78, 5) is 12.1. The molecule has 0 radical (unpaired) electrons. The molecule has 2 rings (SSSR count). The van der Waals surface area contributed by atoms with Crippen molar-refractivity contribution < 1.29 is 9.53 Å². The molecule has 1 aromatic rings. The van der Waals surface area contributed by atoms with E-state index in [1.165, 1.54) is 25.7 Å². The predicted octanol–water partition coefficient (Wildman–Crippen LogP) is 4.37. The summed E-state index contributed by atoms with van der Waals surface area (Å²) >= 11 is 3.37. The SMILES string of the molecule is CCCCCC[C@H]1O[C@@H]1C(=O)c1ccc(Br)cc1. The van der Waals surface area contributed by atoms with Crippen LogP contribution in [0.1, 0.15) is 49.4 Å². The van der Waals surface area contributed by atoms with Crippen LogP contribution < -0.4 is 0 Å². The van der Waals surface area contributed by atoms with Crippen LogP contribution in [0.4, 0.5) is 0 Å². The van der Waals surface area contributed by atoms with E-state index in [-0.39, 0.29) is 18.0 Å². The van der Waals surface area contributed by atoms with Gasteiger partial charge >= 0.3 is 0 Å². The minimum absolute atomic E-state index is 0.128. The summed E-state index contributed by atoms with van der Waals surface area (Å²) in [5.41, 5.74) is 0.749. The molecular weight excluding hydrogens is 292 g/mol. The Bertz CT molecular complexity index is 399. The number of Topliss-reactive ketones (excluding diaryl/α,β-unsaturated/α-hetero) is 1. The van der Waals surface area contributed by atoms with Gasteiger partial charge in [0.15, 0.2) is 5.78 Å². The zero-order valence-corrected chi connectivity index (χ0v) is 12.3. The zero-order valence-electron chi connectivity index (χ0n) is 10.7. The van der Waals surface area contributed by atoms with Gasteiger partial charge in [-0.25, -0.2) is 0 Å². The monoisotopic (exact) mass is 310 g/mol. The standard InChI is InChI=1S/C15H19BrO2/c1-2-3-4-5-6-13-15(18-13)14(17)11-7-9-12(16)10-8-11/h7-10,13,15H,2-6H2,1H3/t13-,15+/m1/s1. The van der Waals surface area contributed by atoms with Crippen molar-refractivity contribution in [3.8, 4) is 0 Å². The van der Waals surface area contributed by atoms with E-state index >= 15 is 0 Å². The summed E-state index contributed by atoms with van der Waals surface area (Å²) in [5.74, 6) is 0.128. The molecule has 0 spiro atoms. The smallest absolute Gasteiger partial charge is 0.194 e. The summed E-state index contributed by atoms with van der Waals surface area (Å²) in [6, 6.07) is 7.49. The molecule has 0 saturated carbocycles. The van der Waals surface area contributed by atoms with E-state index in [1.807, 2.05) is 24.3 Å². The van der Waals surface area contributed by atoms with Crippen LogP contribution in [0.15, 0.2) is 28.7 Å². The lowest BCUT2D eigenvalue weighted by Crippen LogP contribution is -2.10. The normalized spacial score (nSPS) is 21.9. The Morgan fingerprint density at radius 3 is 2.61 bits per heavy atom. The van der Waals surface area contributed by atoms with Gasteiger partial charge in [0.05, 0.1) is 6.10 Å². The van der Waals surface area contributed by atoms with Gasteiger partial charge in [0.2, 0.25) is 0 Å². The molecule has 18 heavy (non-hydrogen) atoms. The number of unbranched alkanes of at least 4 members (excludes halogenated alkanes) is 3. The second-order valence-electron chi connectivity index (χ2n) is 4.82. The average molecular weight is 311 g/mol. The fourth-order valence-corrected chi connectivity index (χ4v) is 2.41. The largest absolute Gasteiger partial charge is 0.361 e. The summed E-state index contributed by atoms with van der Waals surface area (Å²) in [5, 5.41) is 0. The highest BCUT2D eigenvalue weighted by Crippen LogP contribution is 2.30. The first-order valence-electron chi connectivity index (χ1n) is 6.67. The minimum atomic E-state index is -0.187. The van der Waals surface area contributed by atoms with E-state index in [2.05, 4.69) is 22.9 Å². The minimum Gasteiger partial charge on any atom is -0.361 e. The number of carbonyl (C=O) groups excluding carboxylic acids is 1. The van der Waals surface area contributed by atoms with Gasteiger partial charge in [0, 0.05) is 10.0 Å². The highest BCUT2D eigenvalue weighted by Gasteiger charge is 2.44. The first-order valence-corrected chi connectivity index (χ1v) is 7.47. The summed E-state index contributed by atoms with van der Waals surface area (Å²) in [6.45, 7) is 2.20. The topological polar surface area (TPSA) is 29.6 Å². The number of halogens is 1. The highest BCUT2D eigenvalue weighted by atomic mass is 79.9. The molecule has 3 heteroatoms. The Hall–Kier alpha value is -0.670. The molecule has 0 amide bonds. The van der Waals surface area contributed by atoms with Crippen LogP contribution in [-0.2, 0) is 4.74 Å². The third-order valence-corrected chi connectivity index (χ3v) is 3.84. The van der Waals surface area contributed by atoms with Crippen LogP contribution in [0.5, 0.6) is 0 Å². The molecule has 2 nitrogen and oxygen atoms in total. The summed E-state index contributed by atoms with van der Waals surface area (Å²) in [6.07, 6.45) is 5.93. The Morgan fingerprint density at radius 2 is 1.94 bits per heavy atom. The average Bonchev–Trinajstić information content (AvgIpc) is 3.14. The molecule has 1 aromatic carbocycles. The molecule has 0 aromatic heterocycles. The Morgan fingerprint density at radius 1 is 1.22 bits per heavy atom. The lowest BCUT2D eigenvalue weighted by Gasteiger charge is -1.98. The maximum Gasteiger partial charge on any atom is 0.194 e. The van der Waals surface area contributed by atoms with Crippen molar-refractivity contribution in [3.05, 3.63) is 34.3 Å². The van der Waals surface area contributed by atoms with Crippen molar-refractivity contribution in [1.82, 2.24) is 0 Å². The number of ketones is 1. The maximum atomic E-state index is 12.1. The molecule has 1 aliphatic rings.